The molecule has 0 atom stereocenters. The number of ether oxygens (including phenoxy) is 3. The number of nitrogens with zero attached hydrogens (tertiary/aromatic N) is 1. The Morgan fingerprint density at radius 3 is 2.23 bits per heavy atom. The molecule has 1 amide bonds. The second-order valence-corrected chi connectivity index (χ2v) is 9.62. The van der Waals surface area contributed by atoms with Crippen molar-refractivity contribution in [2.75, 3.05) is 27.3 Å². The standard InChI is InChI=1S/C33H34N2O4/c1-37-27-16-11-25(12-17-27)30-19-13-26-23-29(38-2)18-20-31(26)33(30)39-28-14-9-24(10-15-28)7-6-8-32(36)34-35-21-4-3-5-22-35/h6-7,9-20,23H,3-5,8,21-22H2,1-2H3,(H,34,36). The maximum atomic E-state index is 12.3. The van der Waals surface area contributed by atoms with Crippen LogP contribution in [-0.2, 0) is 4.79 Å². The summed E-state index contributed by atoms with van der Waals surface area (Å²) in [6.45, 7) is 1.86. The molecule has 1 fully saturated rings. The van der Waals surface area contributed by atoms with Crippen molar-refractivity contribution in [3.05, 3.63) is 90.5 Å². The quantitative estimate of drug-likeness (QED) is 0.251. The molecule has 0 aromatic heterocycles. The molecular formula is C33H34N2O4. The first kappa shape index (κ1) is 26.3. The molecule has 0 aliphatic carbocycles. The third kappa shape index (κ3) is 6.59. The van der Waals surface area contributed by atoms with Gasteiger partial charge in [-0.1, -0.05) is 48.9 Å². The third-order valence-corrected chi connectivity index (χ3v) is 6.93. The SMILES string of the molecule is COc1ccc(-c2ccc3cc(OC)ccc3c2Oc2ccc(C=CCC(=O)NN3CCCCC3)cc2)cc1. The van der Waals surface area contributed by atoms with Gasteiger partial charge in [-0.15, -0.1) is 0 Å². The molecule has 1 heterocycles. The van der Waals surface area contributed by atoms with Crippen LogP contribution in [0.3, 0.4) is 0 Å². The summed E-state index contributed by atoms with van der Waals surface area (Å²) in [5, 5.41) is 4.05. The van der Waals surface area contributed by atoms with E-state index in [0.717, 1.165) is 76.4 Å². The van der Waals surface area contributed by atoms with Gasteiger partial charge in [-0.2, -0.15) is 0 Å². The van der Waals surface area contributed by atoms with Crippen LogP contribution in [0.15, 0.2) is 84.9 Å². The number of rotatable bonds is 9. The first-order chi connectivity index (χ1) is 19.1. The zero-order chi connectivity index (χ0) is 27.0. The fourth-order valence-corrected chi connectivity index (χ4v) is 4.81. The summed E-state index contributed by atoms with van der Waals surface area (Å²) in [4.78, 5) is 12.3. The van der Waals surface area contributed by atoms with Crippen molar-refractivity contribution < 1.29 is 19.0 Å². The van der Waals surface area contributed by atoms with E-state index >= 15 is 0 Å². The highest BCUT2D eigenvalue weighted by atomic mass is 16.5. The highest BCUT2D eigenvalue weighted by molar-refractivity contribution is 5.96. The lowest BCUT2D eigenvalue weighted by atomic mass is 9.99. The minimum atomic E-state index is 0.0201. The molecule has 5 rings (SSSR count). The van der Waals surface area contributed by atoms with Gasteiger partial charge in [0.05, 0.1) is 14.2 Å². The fourth-order valence-electron chi connectivity index (χ4n) is 4.81. The van der Waals surface area contributed by atoms with Gasteiger partial charge < -0.3 is 14.2 Å². The van der Waals surface area contributed by atoms with Gasteiger partial charge in [0, 0.05) is 30.5 Å². The Bertz CT molecular complexity index is 1440. The van der Waals surface area contributed by atoms with Gasteiger partial charge in [-0.25, -0.2) is 5.01 Å². The summed E-state index contributed by atoms with van der Waals surface area (Å²) in [6.07, 6.45) is 7.73. The maximum absolute atomic E-state index is 12.3. The predicted octanol–water partition coefficient (Wildman–Crippen LogP) is 7.24. The Morgan fingerprint density at radius 1 is 0.821 bits per heavy atom. The van der Waals surface area contributed by atoms with E-state index < -0.39 is 0 Å². The summed E-state index contributed by atoms with van der Waals surface area (Å²) < 4.78 is 17.3. The molecular weight excluding hydrogens is 488 g/mol. The molecule has 0 saturated carbocycles. The number of carbonyl (C=O) groups is 1. The smallest absolute Gasteiger partial charge is 0.238 e. The van der Waals surface area contributed by atoms with Crippen molar-refractivity contribution in [3.8, 4) is 34.1 Å². The van der Waals surface area contributed by atoms with Gasteiger partial charge >= 0.3 is 0 Å². The number of hydrogen-bond donors (Lipinski definition) is 1. The van der Waals surface area contributed by atoms with Crippen LogP contribution in [-0.4, -0.2) is 38.2 Å². The number of methoxy groups -OCH3 is 2. The molecule has 4 aromatic carbocycles. The van der Waals surface area contributed by atoms with Gasteiger partial charge in [-0.3, -0.25) is 10.2 Å². The summed E-state index contributed by atoms with van der Waals surface area (Å²) >= 11 is 0. The van der Waals surface area contributed by atoms with Gasteiger partial charge in [0.25, 0.3) is 0 Å². The zero-order valence-corrected chi connectivity index (χ0v) is 22.5. The molecule has 6 heteroatoms. The van der Waals surface area contributed by atoms with Crippen LogP contribution in [0.2, 0.25) is 0 Å². The normalized spacial score (nSPS) is 13.9. The second kappa shape index (κ2) is 12.5. The molecule has 1 saturated heterocycles. The molecule has 1 aliphatic heterocycles. The number of carbonyl (C=O) groups excluding carboxylic acids is 1. The molecule has 1 aliphatic rings. The minimum Gasteiger partial charge on any atom is -0.497 e. The van der Waals surface area contributed by atoms with Crippen LogP contribution in [0.5, 0.6) is 23.0 Å². The van der Waals surface area contributed by atoms with Gasteiger partial charge in [-0.05, 0) is 77.9 Å². The van der Waals surface area contributed by atoms with Crippen LogP contribution in [0.4, 0.5) is 0 Å². The van der Waals surface area contributed by atoms with E-state index in [-0.39, 0.29) is 5.91 Å². The average Bonchev–Trinajstić information content (AvgIpc) is 2.98. The second-order valence-electron chi connectivity index (χ2n) is 9.62. The van der Waals surface area contributed by atoms with Crippen molar-refractivity contribution in [1.82, 2.24) is 10.4 Å². The summed E-state index contributed by atoms with van der Waals surface area (Å²) in [5.41, 5.74) is 6.02. The Kier molecular flexibility index (Phi) is 8.44. The Morgan fingerprint density at radius 2 is 1.51 bits per heavy atom. The molecule has 200 valence electrons. The summed E-state index contributed by atoms with van der Waals surface area (Å²) in [7, 11) is 3.33. The average molecular weight is 523 g/mol. The number of piperidine rings is 1. The van der Waals surface area contributed by atoms with E-state index in [1.807, 2.05) is 83.9 Å². The van der Waals surface area contributed by atoms with Crippen LogP contribution in [0.1, 0.15) is 31.2 Å². The monoisotopic (exact) mass is 522 g/mol. The number of benzene rings is 4. The lowest BCUT2D eigenvalue weighted by molar-refractivity contribution is -0.125. The molecule has 4 aromatic rings. The maximum Gasteiger partial charge on any atom is 0.238 e. The number of hydrazine groups is 1. The largest absolute Gasteiger partial charge is 0.497 e. The van der Waals surface area contributed by atoms with E-state index in [1.54, 1.807) is 14.2 Å². The Balaban J connectivity index is 1.34. The lowest BCUT2D eigenvalue weighted by Gasteiger charge is -2.26. The van der Waals surface area contributed by atoms with Crippen LogP contribution >= 0.6 is 0 Å². The third-order valence-electron chi connectivity index (χ3n) is 6.93. The fraction of sp³-hybridized carbons (Fsp3) is 0.242. The molecule has 0 radical (unpaired) electrons. The number of nitrogens with one attached hydrogen (secondary N) is 1. The van der Waals surface area contributed by atoms with E-state index in [2.05, 4.69) is 17.6 Å². The molecule has 1 N–H and O–H groups in total. The van der Waals surface area contributed by atoms with Gasteiger partial charge in [0.1, 0.15) is 23.0 Å². The first-order valence-corrected chi connectivity index (χ1v) is 13.4. The van der Waals surface area contributed by atoms with Gasteiger partial charge in [0.15, 0.2) is 0 Å². The Labute approximate surface area is 229 Å². The van der Waals surface area contributed by atoms with E-state index in [4.69, 9.17) is 14.2 Å². The van der Waals surface area contributed by atoms with Crippen LogP contribution in [0, 0.1) is 0 Å². The van der Waals surface area contributed by atoms with E-state index in [9.17, 15) is 4.79 Å². The molecule has 0 unspecified atom stereocenters. The van der Waals surface area contributed by atoms with E-state index in [0.29, 0.717) is 6.42 Å². The lowest BCUT2D eigenvalue weighted by Crippen LogP contribution is -2.44. The van der Waals surface area contributed by atoms with Crippen molar-refractivity contribution in [2.45, 2.75) is 25.7 Å². The topological polar surface area (TPSA) is 60.0 Å². The number of amides is 1. The van der Waals surface area contributed by atoms with Gasteiger partial charge in [0.2, 0.25) is 5.91 Å². The zero-order valence-electron chi connectivity index (χ0n) is 22.5. The van der Waals surface area contributed by atoms with E-state index in [1.165, 1.54) is 6.42 Å². The van der Waals surface area contributed by atoms with Crippen LogP contribution in [0.25, 0.3) is 28.0 Å². The van der Waals surface area contributed by atoms with Crippen molar-refractivity contribution in [2.24, 2.45) is 0 Å². The Hall–Kier alpha value is -4.29. The predicted molar refractivity (Wildman–Crippen MR) is 156 cm³/mol. The highest BCUT2D eigenvalue weighted by Gasteiger charge is 2.14. The minimum absolute atomic E-state index is 0.0201. The van der Waals surface area contributed by atoms with Crippen molar-refractivity contribution in [1.29, 1.82) is 0 Å². The van der Waals surface area contributed by atoms with Crippen molar-refractivity contribution in [3.63, 3.8) is 0 Å². The number of hydrogen-bond acceptors (Lipinski definition) is 5. The molecule has 6 nitrogen and oxygen atoms in total. The first-order valence-electron chi connectivity index (χ1n) is 13.4. The molecule has 39 heavy (non-hydrogen) atoms. The summed E-state index contributed by atoms with van der Waals surface area (Å²) in [5.74, 6) is 3.13. The molecule has 0 bridgehead atoms. The number of fused-ring (bicyclic) bond motifs is 1. The molecule has 0 spiro atoms. The van der Waals surface area contributed by atoms with Crippen molar-refractivity contribution >= 4 is 22.8 Å². The highest BCUT2D eigenvalue weighted by Crippen LogP contribution is 2.41. The van der Waals surface area contributed by atoms with Crippen LogP contribution < -0.4 is 19.6 Å². The summed E-state index contributed by atoms with van der Waals surface area (Å²) in [6, 6.07) is 26.0.